The van der Waals surface area contributed by atoms with Crippen LogP contribution in [-0.4, -0.2) is 36.7 Å². The third kappa shape index (κ3) is 5.24. The highest BCUT2D eigenvalue weighted by molar-refractivity contribution is 6.06. The number of alkyl carbamates (subject to hydrolysis) is 1. The Morgan fingerprint density at radius 3 is 2.73 bits per heavy atom. The van der Waals surface area contributed by atoms with E-state index in [0.29, 0.717) is 12.2 Å². The Balaban J connectivity index is 2.05. The summed E-state index contributed by atoms with van der Waals surface area (Å²) in [5.74, 6) is 5.59. The van der Waals surface area contributed by atoms with E-state index in [1.165, 1.54) is 4.90 Å². The van der Waals surface area contributed by atoms with Crippen LogP contribution in [0.1, 0.15) is 38.3 Å². The molecule has 0 radical (unpaired) electrons. The Morgan fingerprint density at radius 2 is 2.08 bits per heavy atom. The average molecular weight is 357 g/mol. The highest BCUT2D eigenvalue weighted by Gasteiger charge is 2.25. The zero-order valence-corrected chi connectivity index (χ0v) is 15.4. The zero-order valence-electron chi connectivity index (χ0n) is 15.4. The van der Waals surface area contributed by atoms with E-state index in [1.807, 2.05) is 19.1 Å². The average Bonchev–Trinajstić information content (AvgIpc) is 2.52. The van der Waals surface area contributed by atoms with Gasteiger partial charge in [0.2, 0.25) is 5.91 Å². The molecule has 0 saturated carbocycles. The van der Waals surface area contributed by atoms with Crippen LogP contribution in [-0.2, 0) is 9.53 Å². The van der Waals surface area contributed by atoms with Crippen molar-refractivity contribution < 1.29 is 19.1 Å². The number of ether oxygens (including phenoxy) is 1. The molecule has 0 bridgehead atoms. The van der Waals surface area contributed by atoms with Crippen LogP contribution in [0.2, 0.25) is 0 Å². The molecule has 2 rings (SSSR count). The fourth-order valence-electron chi connectivity index (χ4n) is 2.42. The maximum Gasteiger partial charge on any atom is 0.408 e. The van der Waals surface area contributed by atoms with Gasteiger partial charge in [0.05, 0.1) is 6.54 Å². The van der Waals surface area contributed by atoms with Crippen LogP contribution in [0.3, 0.4) is 0 Å². The molecule has 1 heterocycles. The molecule has 1 aromatic rings. The first-order valence-corrected chi connectivity index (χ1v) is 8.34. The highest BCUT2D eigenvalue weighted by Crippen LogP contribution is 2.24. The molecule has 0 aliphatic carbocycles. The number of hydrogen-bond donors (Lipinski definition) is 2. The molecular formula is C19H23N3O4. The first-order chi connectivity index (χ1) is 12.2. The van der Waals surface area contributed by atoms with Crippen molar-refractivity contribution in [1.82, 2.24) is 10.6 Å². The minimum absolute atomic E-state index is 0.150. The lowest BCUT2D eigenvalue weighted by Crippen LogP contribution is -2.49. The number of urea groups is 1. The summed E-state index contributed by atoms with van der Waals surface area (Å²) in [5.41, 5.74) is 1.74. The Kier molecular flexibility index (Phi) is 5.88. The molecule has 0 atom stereocenters. The summed E-state index contributed by atoms with van der Waals surface area (Å²) >= 11 is 0. The molecule has 138 valence electrons. The maximum absolute atomic E-state index is 12.0. The molecule has 4 amide bonds. The second-order valence-corrected chi connectivity index (χ2v) is 6.86. The lowest BCUT2D eigenvalue weighted by molar-refractivity contribution is -0.120. The maximum atomic E-state index is 12.0. The van der Waals surface area contributed by atoms with Crippen molar-refractivity contribution in [2.24, 2.45) is 0 Å². The minimum atomic E-state index is -0.557. The number of amides is 4. The van der Waals surface area contributed by atoms with Crippen LogP contribution in [0.4, 0.5) is 15.3 Å². The van der Waals surface area contributed by atoms with Crippen LogP contribution in [0.15, 0.2) is 18.2 Å². The van der Waals surface area contributed by atoms with Gasteiger partial charge in [0, 0.05) is 24.2 Å². The number of hydrogen-bond acceptors (Lipinski definition) is 4. The summed E-state index contributed by atoms with van der Waals surface area (Å²) < 4.78 is 5.14. The van der Waals surface area contributed by atoms with Gasteiger partial charge in [0.25, 0.3) is 0 Å². The van der Waals surface area contributed by atoms with E-state index in [9.17, 15) is 14.4 Å². The molecule has 7 heteroatoms. The van der Waals surface area contributed by atoms with Crippen molar-refractivity contribution in [2.45, 2.75) is 39.7 Å². The topological polar surface area (TPSA) is 87.7 Å². The third-order valence-corrected chi connectivity index (χ3v) is 3.59. The van der Waals surface area contributed by atoms with Crippen LogP contribution in [0.5, 0.6) is 0 Å². The predicted octanol–water partition coefficient (Wildman–Crippen LogP) is 2.32. The number of rotatable bonds is 2. The summed E-state index contributed by atoms with van der Waals surface area (Å²) in [6.07, 6.45) is -0.257. The fraction of sp³-hybridized carbons (Fsp3) is 0.421. The van der Waals surface area contributed by atoms with Gasteiger partial charge in [0.1, 0.15) is 5.60 Å². The second kappa shape index (κ2) is 7.91. The lowest BCUT2D eigenvalue weighted by atomic mass is 10.1. The van der Waals surface area contributed by atoms with Gasteiger partial charge in [-0.25, -0.2) is 9.59 Å². The van der Waals surface area contributed by atoms with E-state index in [4.69, 9.17) is 4.74 Å². The van der Waals surface area contributed by atoms with E-state index in [0.717, 1.165) is 11.1 Å². The standard InChI is InChI=1S/C19H23N3O4/c1-13-14(8-6-11-20-18(25)26-19(2,3)4)7-5-9-15(13)22-12-10-16(23)21-17(22)24/h5,7,9H,10-12H2,1-4H3,(H,20,25)(H,21,23,24). The SMILES string of the molecule is Cc1c(C#CCNC(=O)OC(C)(C)C)cccc1N1CCC(=O)NC1=O. The smallest absolute Gasteiger partial charge is 0.408 e. The van der Waals surface area contributed by atoms with E-state index in [-0.39, 0.29) is 18.9 Å². The number of benzene rings is 1. The molecular weight excluding hydrogens is 334 g/mol. The number of carbonyl (C=O) groups is 3. The molecule has 1 aliphatic heterocycles. The van der Waals surface area contributed by atoms with E-state index in [2.05, 4.69) is 22.5 Å². The number of nitrogens with zero attached hydrogens (tertiary/aromatic N) is 1. The summed E-state index contributed by atoms with van der Waals surface area (Å²) in [7, 11) is 0. The highest BCUT2D eigenvalue weighted by atomic mass is 16.6. The molecule has 0 aromatic heterocycles. The molecule has 0 unspecified atom stereocenters. The Morgan fingerprint density at radius 1 is 1.35 bits per heavy atom. The quantitative estimate of drug-likeness (QED) is 0.795. The van der Waals surface area contributed by atoms with Gasteiger partial charge in [-0.15, -0.1) is 0 Å². The van der Waals surface area contributed by atoms with E-state index < -0.39 is 17.7 Å². The monoisotopic (exact) mass is 357 g/mol. The molecule has 2 N–H and O–H groups in total. The number of anilines is 1. The Hall–Kier alpha value is -3.01. The Bertz CT molecular complexity index is 784. The van der Waals surface area contributed by atoms with Crippen LogP contribution >= 0.6 is 0 Å². The van der Waals surface area contributed by atoms with Gasteiger partial charge in [-0.3, -0.25) is 15.0 Å². The molecule has 7 nitrogen and oxygen atoms in total. The first-order valence-electron chi connectivity index (χ1n) is 8.34. The van der Waals surface area contributed by atoms with Gasteiger partial charge in [-0.1, -0.05) is 17.9 Å². The predicted molar refractivity (Wildman–Crippen MR) is 97.8 cm³/mol. The summed E-state index contributed by atoms with van der Waals surface area (Å²) in [4.78, 5) is 36.4. The minimum Gasteiger partial charge on any atom is -0.444 e. The fourth-order valence-corrected chi connectivity index (χ4v) is 2.42. The third-order valence-electron chi connectivity index (χ3n) is 3.59. The number of imide groups is 1. The van der Waals surface area contributed by atoms with Crippen molar-refractivity contribution in [3.8, 4) is 11.8 Å². The van der Waals surface area contributed by atoms with Crippen LogP contribution < -0.4 is 15.5 Å². The number of carbonyl (C=O) groups excluding carboxylic acids is 3. The van der Waals surface area contributed by atoms with Crippen LogP contribution in [0.25, 0.3) is 0 Å². The van der Waals surface area contributed by atoms with Gasteiger partial charge < -0.3 is 10.1 Å². The largest absolute Gasteiger partial charge is 0.444 e. The number of nitrogens with one attached hydrogen (secondary N) is 2. The van der Waals surface area contributed by atoms with Crippen molar-refractivity contribution in [3.05, 3.63) is 29.3 Å². The van der Waals surface area contributed by atoms with Gasteiger partial charge in [-0.05, 0) is 45.4 Å². The molecule has 26 heavy (non-hydrogen) atoms. The summed E-state index contributed by atoms with van der Waals surface area (Å²) in [5, 5.41) is 4.88. The zero-order chi connectivity index (χ0) is 19.3. The second-order valence-electron chi connectivity index (χ2n) is 6.86. The van der Waals surface area contributed by atoms with E-state index >= 15 is 0 Å². The van der Waals surface area contributed by atoms with Gasteiger partial charge in [0.15, 0.2) is 0 Å². The summed E-state index contributed by atoms with van der Waals surface area (Å²) in [6.45, 7) is 7.72. The lowest BCUT2D eigenvalue weighted by Gasteiger charge is -2.28. The normalized spacial score (nSPS) is 14.2. The molecule has 0 spiro atoms. The van der Waals surface area contributed by atoms with Crippen molar-refractivity contribution in [1.29, 1.82) is 0 Å². The van der Waals surface area contributed by atoms with Gasteiger partial charge in [-0.2, -0.15) is 0 Å². The van der Waals surface area contributed by atoms with Crippen LogP contribution in [0, 0.1) is 18.8 Å². The molecule has 1 aliphatic rings. The van der Waals surface area contributed by atoms with Gasteiger partial charge >= 0.3 is 12.1 Å². The van der Waals surface area contributed by atoms with Crippen molar-refractivity contribution in [2.75, 3.05) is 18.0 Å². The molecule has 1 aromatic carbocycles. The summed E-state index contributed by atoms with van der Waals surface area (Å²) in [6, 6.07) is 5.03. The van der Waals surface area contributed by atoms with E-state index in [1.54, 1.807) is 26.8 Å². The first kappa shape index (κ1) is 19.3. The Labute approximate surface area is 153 Å². The van der Waals surface area contributed by atoms with Crippen molar-refractivity contribution in [3.63, 3.8) is 0 Å². The molecule has 1 fully saturated rings. The molecule has 1 saturated heterocycles. The van der Waals surface area contributed by atoms with Crippen molar-refractivity contribution >= 4 is 23.7 Å².